The lowest BCUT2D eigenvalue weighted by Gasteiger charge is -2.38. The molecule has 0 aromatic carbocycles. The molecule has 6 heteroatoms. The molecular weight excluding hydrogens is 662 g/mol. The average Bonchev–Trinajstić information content (AvgIpc) is 2.73. The van der Waals surface area contributed by atoms with Gasteiger partial charge < -0.3 is 66.4 Å². The number of hydrogen-bond acceptors (Lipinski definition) is 2. The van der Waals surface area contributed by atoms with E-state index < -0.39 is 0 Å². The van der Waals surface area contributed by atoms with Gasteiger partial charge in [0.1, 0.15) is 0 Å². The molecule has 0 aromatic rings. The minimum atomic E-state index is 0. The van der Waals surface area contributed by atoms with Gasteiger partial charge in [0.15, 0.2) is 0 Å². The highest BCUT2D eigenvalue weighted by atomic mass is 127. The second-order valence-corrected chi connectivity index (χ2v) is 12.7. The van der Waals surface area contributed by atoms with Crippen LogP contribution in [0.1, 0.15) is 104 Å². The van der Waals surface area contributed by atoms with E-state index in [0.29, 0.717) is 0 Å². The fourth-order valence-electron chi connectivity index (χ4n) is 4.15. The van der Waals surface area contributed by atoms with E-state index in [-0.39, 0.29) is 53.4 Å². The Morgan fingerprint density at radius 3 is 1.11 bits per heavy atom. The maximum atomic E-state index is 6.36. The van der Waals surface area contributed by atoms with Crippen molar-refractivity contribution >= 4 is 0 Å². The Morgan fingerprint density at radius 1 is 0.486 bits per heavy atom. The Labute approximate surface area is 255 Å². The molecule has 0 aliphatic carbocycles. The lowest BCUT2D eigenvalue weighted by atomic mass is 9.81. The molecule has 0 spiro atoms. The van der Waals surface area contributed by atoms with E-state index in [2.05, 4.69) is 56.1 Å². The first-order valence-corrected chi connectivity index (χ1v) is 14.3. The van der Waals surface area contributed by atoms with E-state index in [1.54, 1.807) is 0 Å². The van der Waals surface area contributed by atoms with Crippen molar-refractivity contribution in [1.82, 2.24) is 0 Å². The van der Waals surface area contributed by atoms with Gasteiger partial charge in [0, 0.05) is 31.5 Å². The summed E-state index contributed by atoms with van der Waals surface area (Å²) >= 11 is 0. The summed E-state index contributed by atoms with van der Waals surface area (Å²) in [4.78, 5) is 0. The quantitative estimate of drug-likeness (QED) is 0.0839. The summed E-state index contributed by atoms with van der Waals surface area (Å²) in [5.74, 6) is 0. The first-order valence-electron chi connectivity index (χ1n) is 14.3. The van der Waals surface area contributed by atoms with Gasteiger partial charge in [-0.05, 0) is 12.8 Å². The van der Waals surface area contributed by atoms with Gasteiger partial charge >= 0.3 is 0 Å². The third kappa shape index (κ3) is 28.1. The fourth-order valence-corrected chi connectivity index (χ4v) is 4.15. The van der Waals surface area contributed by atoms with E-state index in [1.807, 2.05) is 0 Å². The van der Waals surface area contributed by atoms with Crippen LogP contribution in [0.5, 0.6) is 0 Å². The fraction of sp³-hybridized carbons (Fsp3) is 1.00. The van der Waals surface area contributed by atoms with E-state index >= 15 is 0 Å². The summed E-state index contributed by atoms with van der Waals surface area (Å²) in [6, 6.07) is 0. The molecule has 0 aliphatic heterocycles. The van der Waals surface area contributed by atoms with Crippen LogP contribution in [0.4, 0.5) is 0 Å². The SMILES string of the molecule is CCCCCCCCOCC(CC[N+](C)(C)C)(CC[N+](C)(C)C)COCCCCCCCC.[I-].[I-]. The third-order valence-corrected chi connectivity index (χ3v) is 6.73. The van der Waals surface area contributed by atoms with Crippen LogP contribution in [0.25, 0.3) is 0 Å². The van der Waals surface area contributed by atoms with Crippen LogP contribution in [-0.2, 0) is 9.47 Å². The van der Waals surface area contributed by atoms with Crippen molar-refractivity contribution in [3.63, 3.8) is 0 Å². The maximum Gasteiger partial charge on any atom is 0.0787 e. The number of halogens is 2. The highest BCUT2D eigenvalue weighted by molar-refractivity contribution is 4.80. The van der Waals surface area contributed by atoms with Crippen molar-refractivity contribution in [3.8, 4) is 0 Å². The zero-order valence-electron chi connectivity index (χ0n) is 25.1. The van der Waals surface area contributed by atoms with Gasteiger partial charge in [0.25, 0.3) is 0 Å². The average molecular weight is 727 g/mol. The lowest BCUT2D eigenvalue weighted by molar-refractivity contribution is -0.874. The van der Waals surface area contributed by atoms with E-state index in [9.17, 15) is 0 Å². The Balaban J connectivity index is -0.00000512. The Bertz CT molecular complexity index is 397. The zero-order chi connectivity index (χ0) is 25.1. The Hall–Kier alpha value is 1.30. The number of rotatable bonds is 24. The number of nitrogens with zero attached hydrogens (tertiary/aromatic N) is 2. The van der Waals surface area contributed by atoms with Crippen molar-refractivity contribution in [2.75, 3.05) is 81.8 Å². The first kappa shape index (κ1) is 40.8. The molecule has 0 saturated heterocycles. The molecule has 4 nitrogen and oxygen atoms in total. The summed E-state index contributed by atoms with van der Waals surface area (Å²) < 4.78 is 14.7. The molecule has 0 saturated carbocycles. The first-order chi connectivity index (χ1) is 15.5. The van der Waals surface area contributed by atoms with Gasteiger partial charge in [-0.2, -0.15) is 0 Å². The van der Waals surface area contributed by atoms with Crippen LogP contribution >= 0.6 is 0 Å². The molecule has 0 aliphatic rings. The van der Waals surface area contributed by atoms with E-state index in [1.165, 1.54) is 89.9 Å². The Kier molecular flexibility index (Phi) is 28.4. The van der Waals surface area contributed by atoms with Crippen LogP contribution in [0, 0.1) is 5.41 Å². The summed E-state index contributed by atoms with van der Waals surface area (Å²) in [5, 5.41) is 0. The van der Waals surface area contributed by atoms with Crippen LogP contribution in [0.3, 0.4) is 0 Å². The normalized spacial score (nSPS) is 12.3. The molecule has 0 unspecified atom stereocenters. The maximum absolute atomic E-state index is 6.36. The van der Waals surface area contributed by atoms with Crippen molar-refractivity contribution in [2.24, 2.45) is 5.41 Å². The molecule has 0 bridgehead atoms. The van der Waals surface area contributed by atoms with Gasteiger partial charge in [-0.1, -0.05) is 78.1 Å². The molecule has 0 N–H and O–H groups in total. The monoisotopic (exact) mass is 726 g/mol. The minimum absolute atomic E-state index is 0. The molecule has 35 heavy (non-hydrogen) atoms. The Morgan fingerprint density at radius 2 is 0.800 bits per heavy atom. The predicted octanol–water partition coefficient (Wildman–Crippen LogP) is 0.928. The summed E-state index contributed by atoms with van der Waals surface area (Å²) in [6.07, 6.45) is 18.2. The van der Waals surface area contributed by atoms with Crippen molar-refractivity contribution in [3.05, 3.63) is 0 Å². The molecule has 0 amide bonds. The van der Waals surface area contributed by atoms with Gasteiger partial charge in [0.2, 0.25) is 0 Å². The van der Waals surface area contributed by atoms with E-state index in [4.69, 9.17) is 9.47 Å². The molecule has 0 radical (unpaired) electrons. The largest absolute Gasteiger partial charge is 1.00 e. The highest BCUT2D eigenvalue weighted by Gasteiger charge is 2.34. The van der Waals surface area contributed by atoms with Crippen LogP contribution in [-0.4, -0.2) is 90.8 Å². The number of ether oxygens (including phenoxy) is 2. The van der Waals surface area contributed by atoms with Gasteiger partial charge in [-0.3, -0.25) is 0 Å². The number of hydrogen-bond donors (Lipinski definition) is 0. The van der Waals surface area contributed by atoms with Crippen molar-refractivity contribution < 1.29 is 66.4 Å². The summed E-state index contributed by atoms with van der Waals surface area (Å²) in [5.41, 5.74) is 0.126. The van der Waals surface area contributed by atoms with Crippen LogP contribution in [0.2, 0.25) is 0 Å². The zero-order valence-corrected chi connectivity index (χ0v) is 29.4. The topological polar surface area (TPSA) is 18.5 Å². The molecule has 216 valence electrons. The molecule has 0 fully saturated rings. The number of unbranched alkanes of at least 4 members (excludes halogenated alkanes) is 10. The number of quaternary nitrogens is 2. The molecule has 0 rings (SSSR count). The minimum Gasteiger partial charge on any atom is -1.00 e. The molecule has 0 heterocycles. The molecule has 0 aromatic heterocycles. The molecular formula is C29H64I2N2O2. The second kappa shape index (κ2) is 24.3. The lowest BCUT2D eigenvalue weighted by Crippen LogP contribution is -3.00. The second-order valence-electron chi connectivity index (χ2n) is 12.7. The highest BCUT2D eigenvalue weighted by Crippen LogP contribution is 2.30. The predicted molar refractivity (Wildman–Crippen MR) is 146 cm³/mol. The van der Waals surface area contributed by atoms with Gasteiger partial charge in [-0.25, -0.2) is 0 Å². The van der Waals surface area contributed by atoms with E-state index in [0.717, 1.165) is 48.5 Å². The standard InChI is InChI=1S/C29H64N2O2.2HI/c1-9-11-13-15-17-19-25-32-27-29(21-23-30(3,4)5,22-24-31(6,7)8)28-33-26-20-18-16-14-12-10-2;;/h9-28H2,1-8H3;2*1H/q+2;;/p-2. The van der Waals surface area contributed by atoms with Crippen LogP contribution < -0.4 is 48.0 Å². The summed E-state index contributed by atoms with van der Waals surface area (Å²) in [7, 11) is 13.8. The van der Waals surface area contributed by atoms with Gasteiger partial charge in [-0.15, -0.1) is 0 Å². The van der Waals surface area contributed by atoms with Crippen LogP contribution in [0.15, 0.2) is 0 Å². The van der Waals surface area contributed by atoms with Crippen molar-refractivity contribution in [1.29, 1.82) is 0 Å². The molecule has 0 atom stereocenters. The third-order valence-electron chi connectivity index (χ3n) is 6.73. The van der Waals surface area contributed by atoms with Crippen molar-refractivity contribution in [2.45, 2.75) is 104 Å². The van der Waals surface area contributed by atoms with Gasteiger partial charge in [0.05, 0.1) is 68.6 Å². The summed E-state index contributed by atoms with van der Waals surface area (Å²) in [6.45, 7) is 10.4. The smallest absolute Gasteiger partial charge is 0.0787 e.